The third kappa shape index (κ3) is 4.21. The maximum Gasteiger partial charge on any atom is 0.253 e. The second-order valence-electron chi connectivity index (χ2n) is 7.54. The number of nitrogens with zero attached hydrogens (tertiary/aromatic N) is 2. The molecule has 1 aliphatic carbocycles. The summed E-state index contributed by atoms with van der Waals surface area (Å²) in [6.07, 6.45) is 3.09. The Balaban J connectivity index is 1.34. The predicted octanol–water partition coefficient (Wildman–Crippen LogP) is 0.591. The molecular weight excluding hydrogens is 382 g/mol. The molecule has 3 fully saturated rings. The zero-order valence-electron chi connectivity index (χ0n) is 15.7. The third-order valence-electron chi connectivity index (χ3n) is 5.39. The number of carbonyl (C=O) groups is 2. The van der Waals surface area contributed by atoms with Crippen LogP contribution in [0.15, 0.2) is 29.2 Å². The number of hydrogen-bond donors (Lipinski definition) is 1. The summed E-state index contributed by atoms with van der Waals surface area (Å²) < 4.78 is 32.5. The molecule has 1 unspecified atom stereocenters. The van der Waals surface area contributed by atoms with Crippen molar-refractivity contribution in [2.24, 2.45) is 0 Å². The Morgan fingerprint density at radius 2 is 1.61 bits per heavy atom. The van der Waals surface area contributed by atoms with E-state index in [4.69, 9.17) is 4.74 Å². The highest BCUT2D eigenvalue weighted by molar-refractivity contribution is 7.89. The van der Waals surface area contributed by atoms with Crippen LogP contribution >= 0.6 is 0 Å². The van der Waals surface area contributed by atoms with Crippen LogP contribution in [0.5, 0.6) is 0 Å². The summed E-state index contributed by atoms with van der Waals surface area (Å²) in [5, 5.41) is 0. The maximum atomic E-state index is 12.7. The first-order valence-electron chi connectivity index (χ1n) is 9.76. The minimum absolute atomic E-state index is 0.0160. The first kappa shape index (κ1) is 19.4. The van der Waals surface area contributed by atoms with Crippen molar-refractivity contribution in [1.29, 1.82) is 0 Å². The van der Waals surface area contributed by atoms with Crippen LogP contribution in [0.4, 0.5) is 0 Å². The van der Waals surface area contributed by atoms with Crippen LogP contribution in [0, 0.1) is 0 Å². The highest BCUT2D eigenvalue weighted by Gasteiger charge is 2.32. The Labute approximate surface area is 164 Å². The number of carbonyl (C=O) groups excluding carboxylic acids is 2. The Bertz CT molecular complexity index is 837. The smallest absolute Gasteiger partial charge is 0.253 e. The molecule has 1 atom stereocenters. The van der Waals surface area contributed by atoms with Gasteiger partial charge in [0.25, 0.3) is 11.8 Å². The minimum atomic E-state index is -3.52. The van der Waals surface area contributed by atoms with Crippen molar-refractivity contribution in [3.05, 3.63) is 29.8 Å². The zero-order chi connectivity index (χ0) is 19.7. The molecule has 3 aliphatic rings. The normalized spacial score (nSPS) is 23.1. The van der Waals surface area contributed by atoms with E-state index in [2.05, 4.69) is 4.72 Å². The molecule has 152 valence electrons. The molecule has 0 spiro atoms. The SMILES string of the molecule is O=C(c1ccc(S(=O)(=O)NC2CC2)cc1)N1CCN(C(=O)C2CCCO2)CC1. The van der Waals surface area contributed by atoms with Gasteiger partial charge in [-0.25, -0.2) is 13.1 Å². The number of hydrogen-bond acceptors (Lipinski definition) is 5. The molecule has 1 aromatic carbocycles. The molecule has 2 amide bonds. The van der Waals surface area contributed by atoms with Gasteiger partial charge in [-0.05, 0) is 49.9 Å². The van der Waals surface area contributed by atoms with Crippen LogP contribution in [-0.4, -0.2) is 75.0 Å². The molecule has 1 aromatic rings. The van der Waals surface area contributed by atoms with Crippen LogP contribution in [0.25, 0.3) is 0 Å². The fourth-order valence-electron chi connectivity index (χ4n) is 3.55. The predicted molar refractivity (Wildman–Crippen MR) is 101 cm³/mol. The Morgan fingerprint density at radius 1 is 0.964 bits per heavy atom. The van der Waals surface area contributed by atoms with E-state index >= 15 is 0 Å². The van der Waals surface area contributed by atoms with Gasteiger partial charge >= 0.3 is 0 Å². The Kier molecular flexibility index (Phi) is 5.39. The topological polar surface area (TPSA) is 96.0 Å². The van der Waals surface area contributed by atoms with Crippen LogP contribution in [-0.2, 0) is 19.6 Å². The number of piperazine rings is 1. The van der Waals surface area contributed by atoms with Crippen molar-refractivity contribution in [3.8, 4) is 0 Å². The number of benzene rings is 1. The molecule has 28 heavy (non-hydrogen) atoms. The molecular formula is C19H25N3O5S. The van der Waals surface area contributed by atoms with Gasteiger partial charge in [-0.15, -0.1) is 0 Å². The number of rotatable bonds is 5. The summed E-state index contributed by atoms with van der Waals surface area (Å²) in [4.78, 5) is 28.7. The number of amides is 2. The average Bonchev–Trinajstić information content (AvgIpc) is 3.34. The van der Waals surface area contributed by atoms with Gasteiger partial charge in [0, 0.05) is 44.4 Å². The monoisotopic (exact) mass is 407 g/mol. The van der Waals surface area contributed by atoms with Crippen molar-refractivity contribution >= 4 is 21.8 Å². The lowest BCUT2D eigenvalue weighted by atomic mass is 10.1. The van der Waals surface area contributed by atoms with E-state index in [0.29, 0.717) is 38.3 Å². The van der Waals surface area contributed by atoms with E-state index in [9.17, 15) is 18.0 Å². The summed E-state index contributed by atoms with van der Waals surface area (Å²) in [7, 11) is -3.52. The molecule has 1 saturated carbocycles. The van der Waals surface area contributed by atoms with Crippen molar-refractivity contribution in [2.45, 2.75) is 42.7 Å². The summed E-state index contributed by atoms with van der Waals surface area (Å²) >= 11 is 0. The number of nitrogens with one attached hydrogen (secondary N) is 1. The van der Waals surface area contributed by atoms with Gasteiger partial charge in [0.1, 0.15) is 6.10 Å². The van der Waals surface area contributed by atoms with E-state index in [1.165, 1.54) is 12.1 Å². The second kappa shape index (κ2) is 7.81. The lowest BCUT2D eigenvalue weighted by Crippen LogP contribution is -2.52. The Hall–Kier alpha value is -1.97. The number of ether oxygens (including phenoxy) is 1. The zero-order valence-corrected chi connectivity index (χ0v) is 16.5. The molecule has 1 N–H and O–H groups in total. The maximum absolute atomic E-state index is 12.7. The molecule has 2 heterocycles. The molecule has 0 radical (unpaired) electrons. The van der Waals surface area contributed by atoms with Gasteiger partial charge in [0.05, 0.1) is 4.90 Å². The van der Waals surface area contributed by atoms with E-state index in [1.54, 1.807) is 21.9 Å². The van der Waals surface area contributed by atoms with Crippen molar-refractivity contribution in [2.75, 3.05) is 32.8 Å². The summed E-state index contributed by atoms with van der Waals surface area (Å²) in [5.41, 5.74) is 0.448. The third-order valence-corrected chi connectivity index (χ3v) is 6.93. The summed E-state index contributed by atoms with van der Waals surface area (Å²) in [5.74, 6) is -0.134. The molecule has 0 bridgehead atoms. The van der Waals surface area contributed by atoms with Crippen molar-refractivity contribution < 1.29 is 22.7 Å². The second-order valence-corrected chi connectivity index (χ2v) is 9.25. The lowest BCUT2D eigenvalue weighted by molar-refractivity contribution is -0.142. The van der Waals surface area contributed by atoms with Gasteiger partial charge < -0.3 is 14.5 Å². The summed E-state index contributed by atoms with van der Waals surface area (Å²) in [6, 6.07) is 6.08. The van der Waals surface area contributed by atoms with Gasteiger partial charge in [-0.1, -0.05) is 0 Å². The van der Waals surface area contributed by atoms with Gasteiger partial charge in [-0.2, -0.15) is 0 Å². The van der Waals surface area contributed by atoms with Crippen molar-refractivity contribution in [1.82, 2.24) is 14.5 Å². The average molecular weight is 407 g/mol. The fourth-order valence-corrected chi connectivity index (χ4v) is 4.86. The van der Waals surface area contributed by atoms with Crippen LogP contribution in [0.1, 0.15) is 36.0 Å². The molecule has 2 saturated heterocycles. The Morgan fingerprint density at radius 3 is 2.18 bits per heavy atom. The van der Waals surface area contributed by atoms with E-state index in [-0.39, 0.29) is 28.9 Å². The van der Waals surface area contributed by atoms with E-state index in [0.717, 1.165) is 25.7 Å². The highest BCUT2D eigenvalue weighted by Crippen LogP contribution is 2.22. The first-order valence-corrected chi connectivity index (χ1v) is 11.2. The van der Waals surface area contributed by atoms with Gasteiger partial charge in [-0.3, -0.25) is 9.59 Å². The molecule has 8 nitrogen and oxygen atoms in total. The highest BCUT2D eigenvalue weighted by atomic mass is 32.2. The quantitative estimate of drug-likeness (QED) is 0.771. The lowest BCUT2D eigenvalue weighted by Gasteiger charge is -2.35. The van der Waals surface area contributed by atoms with Crippen LogP contribution in [0.3, 0.4) is 0 Å². The molecule has 9 heteroatoms. The van der Waals surface area contributed by atoms with E-state index in [1.807, 2.05) is 0 Å². The largest absolute Gasteiger partial charge is 0.368 e. The first-order chi connectivity index (χ1) is 13.4. The van der Waals surface area contributed by atoms with E-state index < -0.39 is 10.0 Å². The van der Waals surface area contributed by atoms with Gasteiger partial charge in [0.2, 0.25) is 10.0 Å². The van der Waals surface area contributed by atoms with Crippen LogP contribution < -0.4 is 4.72 Å². The summed E-state index contributed by atoms with van der Waals surface area (Å²) in [6.45, 7) is 2.53. The van der Waals surface area contributed by atoms with Crippen LogP contribution in [0.2, 0.25) is 0 Å². The van der Waals surface area contributed by atoms with Gasteiger partial charge in [0.15, 0.2) is 0 Å². The molecule has 4 rings (SSSR count). The fraction of sp³-hybridized carbons (Fsp3) is 0.579. The number of sulfonamides is 1. The standard InChI is InChI=1S/C19H25N3O5S/c23-18(14-3-7-16(8-4-14)28(25,26)20-15-5-6-15)21-9-11-22(12-10-21)19(24)17-2-1-13-27-17/h3-4,7-8,15,17,20H,1-2,5-6,9-13H2. The molecule has 0 aromatic heterocycles. The minimum Gasteiger partial charge on any atom is -0.368 e. The van der Waals surface area contributed by atoms with Crippen molar-refractivity contribution in [3.63, 3.8) is 0 Å². The molecule has 2 aliphatic heterocycles.